The van der Waals surface area contributed by atoms with E-state index in [1.807, 2.05) is 6.08 Å². The van der Waals surface area contributed by atoms with Crippen LogP contribution < -0.4 is 15.8 Å². The van der Waals surface area contributed by atoms with E-state index in [4.69, 9.17) is 10.5 Å². The Balaban J connectivity index is 1.42. The SMILES string of the molecule is NC1=CC[C@@H](COc2ccc3c(c2)CC2CCCCC32)N1. The largest absolute Gasteiger partial charge is 0.491 e. The number of rotatable bonds is 3. The lowest BCUT2D eigenvalue weighted by atomic mass is 9.80. The number of nitrogens with two attached hydrogens (primary N) is 1. The van der Waals surface area contributed by atoms with Crippen LogP contribution in [0.3, 0.4) is 0 Å². The van der Waals surface area contributed by atoms with Crippen molar-refractivity contribution in [2.45, 2.75) is 50.5 Å². The minimum absolute atomic E-state index is 0.320. The first kappa shape index (κ1) is 13.1. The van der Waals surface area contributed by atoms with E-state index >= 15 is 0 Å². The average Bonchev–Trinajstić information content (AvgIpc) is 3.07. The van der Waals surface area contributed by atoms with Crippen molar-refractivity contribution in [2.24, 2.45) is 11.7 Å². The van der Waals surface area contributed by atoms with Gasteiger partial charge < -0.3 is 15.8 Å². The standard InChI is InChI=1S/C18H24N2O/c19-18-8-5-14(20-18)11-21-15-6-7-17-13(10-15)9-12-3-1-2-4-16(12)17/h6-8,10,12,14,16,20H,1-5,9,11,19H2/t12?,14-,16?/m0/s1. The highest BCUT2D eigenvalue weighted by Gasteiger charge is 2.34. The number of hydrogen-bond acceptors (Lipinski definition) is 3. The molecular formula is C18H24N2O. The summed E-state index contributed by atoms with van der Waals surface area (Å²) in [5, 5.41) is 3.23. The minimum Gasteiger partial charge on any atom is -0.491 e. The molecule has 2 unspecified atom stereocenters. The maximum absolute atomic E-state index is 5.97. The third-order valence-electron chi connectivity index (χ3n) is 5.35. The van der Waals surface area contributed by atoms with Gasteiger partial charge in [-0.3, -0.25) is 0 Å². The second-order valence-corrected chi connectivity index (χ2v) is 6.76. The normalized spacial score (nSPS) is 30.3. The molecule has 0 spiro atoms. The van der Waals surface area contributed by atoms with Gasteiger partial charge in [0, 0.05) is 0 Å². The fourth-order valence-corrected chi connectivity index (χ4v) is 4.28. The first-order valence-corrected chi connectivity index (χ1v) is 8.27. The molecule has 0 bridgehead atoms. The summed E-state index contributed by atoms with van der Waals surface area (Å²) < 4.78 is 5.97. The van der Waals surface area contributed by atoms with E-state index in [9.17, 15) is 0 Å². The van der Waals surface area contributed by atoms with E-state index in [0.717, 1.165) is 29.8 Å². The van der Waals surface area contributed by atoms with Gasteiger partial charge in [-0.15, -0.1) is 0 Å². The first-order chi connectivity index (χ1) is 10.3. The summed E-state index contributed by atoms with van der Waals surface area (Å²) in [6.07, 6.45) is 9.86. The average molecular weight is 284 g/mol. The Hall–Kier alpha value is -1.64. The van der Waals surface area contributed by atoms with Gasteiger partial charge in [-0.05, 0) is 66.9 Å². The van der Waals surface area contributed by atoms with Crippen molar-refractivity contribution in [3.05, 3.63) is 41.2 Å². The molecule has 1 aromatic rings. The van der Waals surface area contributed by atoms with Crippen molar-refractivity contribution >= 4 is 0 Å². The zero-order valence-corrected chi connectivity index (χ0v) is 12.5. The summed E-state index contributed by atoms with van der Waals surface area (Å²) >= 11 is 0. The molecule has 3 atom stereocenters. The summed E-state index contributed by atoms with van der Waals surface area (Å²) in [6, 6.07) is 7.07. The second-order valence-electron chi connectivity index (χ2n) is 6.76. The Kier molecular flexibility index (Phi) is 3.28. The third kappa shape index (κ3) is 2.50. The van der Waals surface area contributed by atoms with Gasteiger partial charge in [-0.25, -0.2) is 0 Å². The van der Waals surface area contributed by atoms with Crippen LogP contribution in [0.2, 0.25) is 0 Å². The number of hydrogen-bond donors (Lipinski definition) is 2. The Morgan fingerprint density at radius 2 is 2.14 bits per heavy atom. The van der Waals surface area contributed by atoms with Crippen LogP contribution in [0, 0.1) is 5.92 Å². The zero-order chi connectivity index (χ0) is 14.2. The predicted molar refractivity (Wildman–Crippen MR) is 84.2 cm³/mol. The van der Waals surface area contributed by atoms with Crippen molar-refractivity contribution in [2.75, 3.05) is 6.61 Å². The van der Waals surface area contributed by atoms with Crippen LogP contribution in [0.25, 0.3) is 0 Å². The van der Waals surface area contributed by atoms with E-state index in [0.29, 0.717) is 12.6 Å². The third-order valence-corrected chi connectivity index (χ3v) is 5.35. The molecule has 0 saturated heterocycles. The van der Waals surface area contributed by atoms with Gasteiger partial charge in [0.05, 0.1) is 11.9 Å². The van der Waals surface area contributed by atoms with Gasteiger partial charge in [0.25, 0.3) is 0 Å². The molecule has 1 aliphatic heterocycles. The molecule has 1 aromatic carbocycles. The van der Waals surface area contributed by atoms with Crippen LogP contribution in [-0.2, 0) is 6.42 Å². The van der Waals surface area contributed by atoms with Crippen LogP contribution >= 0.6 is 0 Å². The zero-order valence-electron chi connectivity index (χ0n) is 12.5. The Labute approximate surface area is 126 Å². The van der Waals surface area contributed by atoms with Crippen LogP contribution in [0.4, 0.5) is 0 Å². The molecule has 1 fully saturated rings. The van der Waals surface area contributed by atoms with Gasteiger partial charge in [-0.2, -0.15) is 0 Å². The number of benzene rings is 1. The number of ether oxygens (including phenoxy) is 1. The van der Waals surface area contributed by atoms with E-state index < -0.39 is 0 Å². The fraction of sp³-hybridized carbons (Fsp3) is 0.556. The molecule has 21 heavy (non-hydrogen) atoms. The minimum atomic E-state index is 0.320. The van der Waals surface area contributed by atoms with Gasteiger partial charge in [-0.1, -0.05) is 18.9 Å². The van der Waals surface area contributed by atoms with Gasteiger partial charge in [0.1, 0.15) is 12.4 Å². The van der Waals surface area contributed by atoms with Gasteiger partial charge in [0.15, 0.2) is 0 Å². The maximum atomic E-state index is 5.97. The van der Waals surface area contributed by atoms with Crippen LogP contribution in [0.15, 0.2) is 30.1 Å². The van der Waals surface area contributed by atoms with Crippen molar-refractivity contribution in [1.29, 1.82) is 0 Å². The van der Waals surface area contributed by atoms with Crippen LogP contribution in [0.1, 0.15) is 49.1 Å². The molecule has 3 heteroatoms. The summed E-state index contributed by atoms with van der Waals surface area (Å²) in [7, 11) is 0. The van der Waals surface area contributed by atoms with Crippen molar-refractivity contribution < 1.29 is 4.74 Å². The summed E-state index contributed by atoms with van der Waals surface area (Å²) in [6.45, 7) is 0.683. The molecule has 0 radical (unpaired) electrons. The van der Waals surface area contributed by atoms with E-state index in [1.54, 1.807) is 5.56 Å². The lowest BCUT2D eigenvalue weighted by molar-refractivity contribution is 0.278. The molecule has 2 aliphatic carbocycles. The van der Waals surface area contributed by atoms with Crippen LogP contribution in [-0.4, -0.2) is 12.6 Å². The number of fused-ring (bicyclic) bond motifs is 3. The Morgan fingerprint density at radius 3 is 3.00 bits per heavy atom. The number of nitrogens with one attached hydrogen (secondary N) is 1. The maximum Gasteiger partial charge on any atom is 0.119 e. The van der Waals surface area contributed by atoms with E-state index in [-0.39, 0.29) is 0 Å². The molecule has 3 nitrogen and oxygen atoms in total. The van der Waals surface area contributed by atoms with Crippen LogP contribution in [0.5, 0.6) is 5.75 Å². The molecule has 112 valence electrons. The van der Waals surface area contributed by atoms with Crippen molar-refractivity contribution in [3.8, 4) is 5.75 Å². The molecule has 1 saturated carbocycles. The topological polar surface area (TPSA) is 47.3 Å². The van der Waals surface area contributed by atoms with Gasteiger partial charge in [0.2, 0.25) is 0 Å². The fourth-order valence-electron chi connectivity index (χ4n) is 4.28. The predicted octanol–water partition coefficient (Wildman–Crippen LogP) is 3.06. The molecule has 0 aromatic heterocycles. The highest BCUT2D eigenvalue weighted by molar-refractivity contribution is 5.42. The lowest BCUT2D eigenvalue weighted by Gasteiger charge is -2.25. The Bertz CT molecular complexity index is 566. The molecule has 4 rings (SSSR count). The summed E-state index contributed by atoms with van der Waals surface area (Å²) in [5.41, 5.74) is 8.85. The molecule has 1 heterocycles. The van der Waals surface area contributed by atoms with E-state index in [1.165, 1.54) is 37.7 Å². The quantitative estimate of drug-likeness (QED) is 0.897. The highest BCUT2D eigenvalue weighted by atomic mass is 16.5. The molecule has 0 amide bonds. The smallest absolute Gasteiger partial charge is 0.119 e. The molecular weight excluding hydrogens is 260 g/mol. The monoisotopic (exact) mass is 284 g/mol. The lowest BCUT2D eigenvalue weighted by Crippen LogP contribution is -2.31. The highest BCUT2D eigenvalue weighted by Crippen LogP contribution is 2.47. The van der Waals surface area contributed by atoms with Crippen molar-refractivity contribution in [1.82, 2.24) is 5.32 Å². The second kappa shape index (κ2) is 5.28. The first-order valence-electron chi connectivity index (χ1n) is 8.27. The van der Waals surface area contributed by atoms with Crippen molar-refractivity contribution in [3.63, 3.8) is 0 Å². The molecule has 3 aliphatic rings. The molecule has 3 N–H and O–H groups in total. The summed E-state index contributed by atoms with van der Waals surface area (Å²) in [5.74, 6) is 3.51. The summed E-state index contributed by atoms with van der Waals surface area (Å²) in [4.78, 5) is 0. The van der Waals surface area contributed by atoms with E-state index in [2.05, 4.69) is 23.5 Å². The van der Waals surface area contributed by atoms with Gasteiger partial charge >= 0.3 is 0 Å². The Morgan fingerprint density at radius 1 is 1.24 bits per heavy atom.